The molecule has 0 saturated heterocycles. The van der Waals surface area contributed by atoms with E-state index in [-0.39, 0.29) is 6.04 Å². The predicted octanol–water partition coefficient (Wildman–Crippen LogP) is 0.866. The number of nitrogens with zero attached hydrogens (tertiary/aromatic N) is 3. The normalized spacial score (nSPS) is 13.3. The van der Waals surface area contributed by atoms with E-state index >= 15 is 0 Å². The SMILES string of the molecule is Cc1nc(CN(C)C)ncc1[C@H](C)N. The molecule has 1 aromatic heterocycles. The van der Waals surface area contributed by atoms with Crippen molar-refractivity contribution in [3.63, 3.8) is 0 Å². The summed E-state index contributed by atoms with van der Waals surface area (Å²) in [5.41, 5.74) is 7.77. The van der Waals surface area contributed by atoms with Crippen LogP contribution in [0.5, 0.6) is 0 Å². The Balaban J connectivity index is 2.89. The minimum atomic E-state index is 0.00315. The van der Waals surface area contributed by atoms with Crippen molar-refractivity contribution < 1.29 is 0 Å². The summed E-state index contributed by atoms with van der Waals surface area (Å²) in [4.78, 5) is 10.7. The molecule has 0 fully saturated rings. The molecule has 2 N–H and O–H groups in total. The molecule has 1 heterocycles. The van der Waals surface area contributed by atoms with Crippen molar-refractivity contribution in [1.82, 2.24) is 14.9 Å². The van der Waals surface area contributed by atoms with Crippen molar-refractivity contribution in [2.75, 3.05) is 14.1 Å². The third-order valence-electron chi connectivity index (χ3n) is 2.02. The van der Waals surface area contributed by atoms with Crippen LogP contribution in [0.3, 0.4) is 0 Å². The molecule has 1 aromatic rings. The largest absolute Gasteiger partial charge is 0.324 e. The lowest BCUT2D eigenvalue weighted by atomic mass is 10.1. The molecular formula is C10H18N4. The first-order chi connectivity index (χ1) is 6.50. The fraction of sp³-hybridized carbons (Fsp3) is 0.600. The summed E-state index contributed by atoms with van der Waals surface area (Å²) in [7, 11) is 4.00. The first-order valence-corrected chi connectivity index (χ1v) is 4.73. The third-order valence-corrected chi connectivity index (χ3v) is 2.02. The van der Waals surface area contributed by atoms with Crippen LogP contribution < -0.4 is 5.73 Å². The predicted molar refractivity (Wildman–Crippen MR) is 56.8 cm³/mol. The minimum Gasteiger partial charge on any atom is -0.324 e. The van der Waals surface area contributed by atoms with Crippen molar-refractivity contribution in [2.45, 2.75) is 26.4 Å². The average Bonchev–Trinajstić information content (AvgIpc) is 2.01. The van der Waals surface area contributed by atoms with Crippen LogP contribution in [-0.2, 0) is 6.54 Å². The van der Waals surface area contributed by atoms with E-state index in [0.29, 0.717) is 0 Å². The lowest BCUT2D eigenvalue weighted by Gasteiger charge is -2.12. The number of aryl methyl sites for hydroxylation is 1. The first kappa shape index (κ1) is 11.1. The molecule has 0 saturated carbocycles. The van der Waals surface area contributed by atoms with E-state index in [2.05, 4.69) is 9.97 Å². The summed E-state index contributed by atoms with van der Waals surface area (Å²) >= 11 is 0. The zero-order chi connectivity index (χ0) is 10.7. The van der Waals surface area contributed by atoms with Gasteiger partial charge in [-0.05, 0) is 27.9 Å². The van der Waals surface area contributed by atoms with Crippen molar-refractivity contribution in [2.24, 2.45) is 5.73 Å². The molecule has 0 amide bonds. The van der Waals surface area contributed by atoms with Gasteiger partial charge in [-0.15, -0.1) is 0 Å². The highest BCUT2D eigenvalue weighted by Crippen LogP contribution is 2.11. The van der Waals surface area contributed by atoms with Crippen LogP contribution in [0.4, 0.5) is 0 Å². The van der Waals surface area contributed by atoms with Gasteiger partial charge >= 0.3 is 0 Å². The molecule has 0 bridgehead atoms. The average molecular weight is 194 g/mol. The topological polar surface area (TPSA) is 55.0 Å². The van der Waals surface area contributed by atoms with E-state index in [1.54, 1.807) is 0 Å². The lowest BCUT2D eigenvalue weighted by molar-refractivity contribution is 0.389. The van der Waals surface area contributed by atoms with E-state index in [1.165, 1.54) is 0 Å². The van der Waals surface area contributed by atoms with Gasteiger partial charge in [0, 0.05) is 23.5 Å². The highest BCUT2D eigenvalue weighted by molar-refractivity contribution is 5.19. The zero-order valence-corrected chi connectivity index (χ0v) is 9.28. The van der Waals surface area contributed by atoms with Crippen LogP contribution in [0.15, 0.2) is 6.20 Å². The molecule has 0 unspecified atom stereocenters. The Morgan fingerprint density at radius 2 is 2.14 bits per heavy atom. The van der Waals surface area contributed by atoms with Gasteiger partial charge in [-0.3, -0.25) is 0 Å². The molecule has 0 spiro atoms. The number of nitrogens with two attached hydrogens (primary N) is 1. The Kier molecular flexibility index (Phi) is 3.55. The molecule has 1 rings (SSSR count). The van der Waals surface area contributed by atoms with E-state index in [1.807, 2.05) is 39.0 Å². The number of aromatic nitrogens is 2. The molecule has 0 aliphatic heterocycles. The van der Waals surface area contributed by atoms with Gasteiger partial charge in [-0.2, -0.15) is 0 Å². The van der Waals surface area contributed by atoms with Crippen LogP contribution in [0.1, 0.15) is 30.0 Å². The Labute approximate surface area is 85.2 Å². The minimum absolute atomic E-state index is 0.00315. The number of rotatable bonds is 3. The maximum absolute atomic E-state index is 5.78. The summed E-state index contributed by atoms with van der Waals surface area (Å²) in [6.07, 6.45) is 1.83. The first-order valence-electron chi connectivity index (χ1n) is 4.73. The van der Waals surface area contributed by atoms with Crippen molar-refractivity contribution in [3.05, 3.63) is 23.3 Å². The summed E-state index contributed by atoms with van der Waals surface area (Å²) in [5.74, 6) is 0.844. The van der Waals surface area contributed by atoms with Gasteiger partial charge in [0.15, 0.2) is 0 Å². The number of hydrogen-bond donors (Lipinski definition) is 1. The maximum atomic E-state index is 5.78. The molecular weight excluding hydrogens is 176 g/mol. The molecule has 4 nitrogen and oxygen atoms in total. The van der Waals surface area contributed by atoms with Crippen molar-refractivity contribution >= 4 is 0 Å². The quantitative estimate of drug-likeness (QED) is 0.775. The van der Waals surface area contributed by atoms with E-state index in [4.69, 9.17) is 5.73 Å². The molecule has 0 aliphatic rings. The van der Waals surface area contributed by atoms with Crippen molar-refractivity contribution in [3.8, 4) is 0 Å². The van der Waals surface area contributed by atoms with Gasteiger partial charge in [0.05, 0.1) is 6.54 Å². The smallest absolute Gasteiger partial charge is 0.142 e. The Morgan fingerprint density at radius 1 is 1.50 bits per heavy atom. The van der Waals surface area contributed by atoms with Crippen LogP contribution in [-0.4, -0.2) is 29.0 Å². The Bertz CT molecular complexity index is 307. The summed E-state index contributed by atoms with van der Waals surface area (Å²) in [6, 6.07) is 0.00315. The highest BCUT2D eigenvalue weighted by Gasteiger charge is 2.07. The van der Waals surface area contributed by atoms with Gasteiger partial charge < -0.3 is 10.6 Å². The van der Waals surface area contributed by atoms with Gasteiger partial charge in [-0.25, -0.2) is 9.97 Å². The van der Waals surface area contributed by atoms with E-state index < -0.39 is 0 Å². The lowest BCUT2D eigenvalue weighted by Crippen LogP contribution is -2.16. The molecule has 14 heavy (non-hydrogen) atoms. The summed E-state index contributed by atoms with van der Waals surface area (Å²) in [5, 5.41) is 0. The van der Waals surface area contributed by atoms with E-state index in [0.717, 1.165) is 23.6 Å². The van der Waals surface area contributed by atoms with Crippen LogP contribution in [0.25, 0.3) is 0 Å². The zero-order valence-electron chi connectivity index (χ0n) is 9.28. The molecule has 0 aromatic carbocycles. The van der Waals surface area contributed by atoms with Gasteiger partial charge in [0.2, 0.25) is 0 Å². The third kappa shape index (κ3) is 2.75. The highest BCUT2D eigenvalue weighted by atomic mass is 15.1. The number of hydrogen-bond acceptors (Lipinski definition) is 4. The standard InChI is InChI=1S/C10H18N4/c1-7(11)9-5-12-10(6-14(3)4)13-8(9)2/h5,7H,6,11H2,1-4H3/t7-/m0/s1. The molecule has 0 aliphatic carbocycles. The van der Waals surface area contributed by atoms with E-state index in [9.17, 15) is 0 Å². The Hall–Kier alpha value is -1.00. The van der Waals surface area contributed by atoms with Crippen LogP contribution in [0, 0.1) is 6.92 Å². The van der Waals surface area contributed by atoms with Gasteiger partial charge in [0.25, 0.3) is 0 Å². The van der Waals surface area contributed by atoms with Gasteiger partial charge in [-0.1, -0.05) is 0 Å². The van der Waals surface area contributed by atoms with Crippen LogP contribution in [0.2, 0.25) is 0 Å². The van der Waals surface area contributed by atoms with Crippen LogP contribution >= 0.6 is 0 Å². The summed E-state index contributed by atoms with van der Waals surface area (Å²) in [6.45, 7) is 4.68. The molecule has 78 valence electrons. The second-order valence-corrected chi connectivity index (χ2v) is 3.85. The second-order valence-electron chi connectivity index (χ2n) is 3.85. The molecule has 1 atom stereocenters. The maximum Gasteiger partial charge on any atom is 0.142 e. The second kappa shape index (κ2) is 4.48. The Morgan fingerprint density at radius 3 is 2.57 bits per heavy atom. The van der Waals surface area contributed by atoms with Gasteiger partial charge in [0.1, 0.15) is 5.82 Å². The summed E-state index contributed by atoms with van der Waals surface area (Å²) < 4.78 is 0. The van der Waals surface area contributed by atoms with Crippen molar-refractivity contribution in [1.29, 1.82) is 0 Å². The monoisotopic (exact) mass is 194 g/mol. The molecule has 0 radical (unpaired) electrons. The fourth-order valence-electron chi connectivity index (χ4n) is 1.33. The fourth-order valence-corrected chi connectivity index (χ4v) is 1.33. The molecule has 4 heteroatoms.